The summed E-state index contributed by atoms with van der Waals surface area (Å²) in [5, 5.41) is 3.03. The summed E-state index contributed by atoms with van der Waals surface area (Å²) < 4.78 is 17.5. The van der Waals surface area contributed by atoms with Crippen molar-refractivity contribution in [3.8, 4) is 0 Å². The zero-order valence-electron chi connectivity index (χ0n) is 14.5. The summed E-state index contributed by atoms with van der Waals surface area (Å²) in [4.78, 5) is 39.7. The summed E-state index contributed by atoms with van der Waals surface area (Å²) in [5.74, 6) is -0.945. The molecule has 7 nitrogen and oxygen atoms in total. The van der Waals surface area contributed by atoms with Crippen LogP contribution in [0.25, 0.3) is 0 Å². The Balaban J connectivity index is 0.00000312. The SMILES string of the molecule is CCOC(=O)C1CCCN(C(=O)CC2NCCN(CCF)C2=O)C1.Cl. The molecule has 0 aromatic rings. The second kappa shape index (κ2) is 10.6. The first kappa shape index (κ1) is 21.6. The molecular formula is C16H27ClFN3O4. The van der Waals surface area contributed by atoms with E-state index < -0.39 is 12.7 Å². The number of likely N-dealkylation sites (tertiary alicyclic amines) is 1. The quantitative estimate of drug-likeness (QED) is 0.674. The van der Waals surface area contributed by atoms with Crippen LogP contribution in [0.15, 0.2) is 0 Å². The highest BCUT2D eigenvalue weighted by molar-refractivity contribution is 5.89. The maximum Gasteiger partial charge on any atom is 0.310 e. The molecule has 2 atom stereocenters. The molecule has 2 aliphatic rings. The topological polar surface area (TPSA) is 79.0 Å². The Kier molecular flexibility index (Phi) is 9.13. The summed E-state index contributed by atoms with van der Waals surface area (Å²) >= 11 is 0. The Morgan fingerprint density at radius 3 is 2.80 bits per heavy atom. The van der Waals surface area contributed by atoms with E-state index in [4.69, 9.17) is 4.74 Å². The predicted octanol–water partition coefficient (Wildman–Crippen LogP) is 0.370. The standard InChI is InChI=1S/C16H26FN3O4.ClH/c1-2-24-16(23)12-4-3-7-20(11-12)14(21)10-13-15(22)19(8-5-17)9-6-18-13;/h12-13,18H,2-11H2,1H3;1H. The number of hydrogen-bond donors (Lipinski definition) is 1. The summed E-state index contributed by atoms with van der Waals surface area (Å²) in [7, 11) is 0. The lowest BCUT2D eigenvalue weighted by molar-refractivity contribution is -0.152. The van der Waals surface area contributed by atoms with E-state index in [-0.39, 0.29) is 49.1 Å². The van der Waals surface area contributed by atoms with Gasteiger partial charge in [0.15, 0.2) is 0 Å². The number of carbonyl (C=O) groups is 3. The van der Waals surface area contributed by atoms with Gasteiger partial charge in [-0.15, -0.1) is 12.4 Å². The van der Waals surface area contributed by atoms with E-state index in [0.29, 0.717) is 39.2 Å². The third-order valence-corrected chi connectivity index (χ3v) is 4.51. The van der Waals surface area contributed by atoms with Gasteiger partial charge in [-0.2, -0.15) is 0 Å². The van der Waals surface area contributed by atoms with E-state index in [1.54, 1.807) is 11.8 Å². The van der Waals surface area contributed by atoms with Crippen LogP contribution in [-0.2, 0) is 19.1 Å². The smallest absolute Gasteiger partial charge is 0.310 e. The van der Waals surface area contributed by atoms with Crippen molar-refractivity contribution in [2.24, 2.45) is 5.92 Å². The Morgan fingerprint density at radius 2 is 2.12 bits per heavy atom. The van der Waals surface area contributed by atoms with Crippen molar-refractivity contribution >= 4 is 30.2 Å². The van der Waals surface area contributed by atoms with Crippen molar-refractivity contribution < 1.29 is 23.5 Å². The number of ether oxygens (including phenoxy) is 1. The fourth-order valence-corrected chi connectivity index (χ4v) is 3.24. The minimum Gasteiger partial charge on any atom is -0.466 e. The van der Waals surface area contributed by atoms with E-state index in [9.17, 15) is 18.8 Å². The first-order valence-corrected chi connectivity index (χ1v) is 8.59. The summed E-state index contributed by atoms with van der Waals surface area (Å²) in [5.41, 5.74) is 0. The average Bonchev–Trinajstić information content (AvgIpc) is 2.59. The van der Waals surface area contributed by atoms with Crippen LogP contribution in [0.1, 0.15) is 26.2 Å². The van der Waals surface area contributed by atoms with Gasteiger partial charge in [-0.3, -0.25) is 14.4 Å². The van der Waals surface area contributed by atoms with Crippen LogP contribution in [0.5, 0.6) is 0 Å². The van der Waals surface area contributed by atoms with E-state index >= 15 is 0 Å². The largest absolute Gasteiger partial charge is 0.466 e. The number of rotatable bonds is 6. The van der Waals surface area contributed by atoms with Gasteiger partial charge in [0, 0.05) is 32.7 Å². The lowest BCUT2D eigenvalue weighted by atomic mass is 9.97. The van der Waals surface area contributed by atoms with Crippen molar-refractivity contribution in [2.45, 2.75) is 32.2 Å². The van der Waals surface area contributed by atoms with Gasteiger partial charge >= 0.3 is 5.97 Å². The molecule has 25 heavy (non-hydrogen) atoms. The number of alkyl halides is 1. The minimum atomic E-state index is -0.610. The van der Waals surface area contributed by atoms with Crippen LogP contribution in [-0.4, -0.2) is 79.6 Å². The molecule has 9 heteroatoms. The number of hydrogen-bond acceptors (Lipinski definition) is 5. The third kappa shape index (κ3) is 5.81. The zero-order valence-corrected chi connectivity index (χ0v) is 15.4. The fraction of sp³-hybridized carbons (Fsp3) is 0.812. The highest BCUT2D eigenvalue weighted by Gasteiger charge is 2.34. The Labute approximate surface area is 153 Å². The molecule has 2 heterocycles. The first-order valence-electron chi connectivity index (χ1n) is 8.59. The van der Waals surface area contributed by atoms with E-state index in [2.05, 4.69) is 5.32 Å². The molecule has 0 aromatic carbocycles. The molecule has 2 rings (SSSR count). The molecule has 2 fully saturated rings. The minimum absolute atomic E-state index is 0. The van der Waals surface area contributed by atoms with Crippen molar-refractivity contribution in [3.05, 3.63) is 0 Å². The maximum atomic E-state index is 12.5. The molecule has 144 valence electrons. The molecule has 2 amide bonds. The molecule has 2 aliphatic heterocycles. The molecule has 0 saturated carbocycles. The van der Waals surface area contributed by atoms with Gasteiger partial charge in [0.05, 0.1) is 25.0 Å². The second-order valence-corrected chi connectivity index (χ2v) is 6.16. The van der Waals surface area contributed by atoms with Crippen molar-refractivity contribution in [3.63, 3.8) is 0 Å². The molecule has 0 bridgehead atoms. The summed E-state index contributed by atoms with van der Waals surface area (Å²) in [6, 6.07) is -0.610. The van der Waals surface area contributed by atoms with Crippen molar-refractivity contribution in [2.75, 3.05) is 46.0 Å². The van der Waals surface area contributed by atoms with Crippen LogP contribution < -0.4 is 5.32 Å². The number of carbonyl (C=O) groups excluding carboxylic acids is 3. The molecule has 0 aliphatic carbocycles. The first-order chi connectivity index (χ1) is 11.6. The average molecular weight is 380 g/mol. The van der Waals surface area contributed by atoms with E-state index in [1.807, 2.05) is 0 Å². The number of halogens is 2. The number of nitrogens with zero attached hydrogens (tertiary/aromatic N) is 2. The van der Waals surface area contributed by atoms with Gasteiger partial charge in [-0.05, 0) is 19.8 Å². The summed E-state index contributed by atoms with van der Waals surface area (Å²) in [6.07, 6.45) is 1.50. The highest BCUT2D eigenvalue weighted by Crippen LogP contribution is 2.19. The summed E-state index contributed by atoms with van der Waals surface area (Å²) in [6.45, 7) is 3.51. The predicted molar refractivity (Wildman–Crippen MR) is 92.1 cm³/mol. The van der Waals surface area contributed by atoms with Crippen molar-refractivity contribution in [1.82, 2.24) is 15.1 Å². The van der Waals surface area contributed by atoms with Crippen LogP contribution in [0.2, 0.25) is 0 Å². The van der Waals surface area contributed by atoms with Gasteiger partial charge in [0.1, 0.15) is 6.67 Å². The second-order valence-electron chi connectivity index (χ2n) is 6.16. The van der Waals surface area contributed by atoms with E-state index in [0.717, 1.165) is 6.42 Å². The number of esters is 1. The van der Waals surface area contributed by atoms with Crippen LogP contribution in [0.4, 0.5) is 4.39 Å². The molecule has 2 saturated heterocycles. The van der Waals surface area contributed by atoms with Gasteiger partial charge in [0.25, 0.3) is 0 Å². The highest BCUT2D eigenvalue weighted by atomic mass is 35.5. The number of amides is 2. The number of nitrogens with one attached hydrogen (secondary N) is 1. The van der Waals surface area contributed by atoms with E-state index in [1.165, 1.54) is 4.90 Å². The monoisotopic (exact) mass is 379 g/mol. The Morgan fingerprint density at radius 1 is 1.36 bits per heavy atom. The van der Waals surface area contributed by atoms with Crippen molar-refractivity contribution in [1.29, 1.82) is 0 Å². The number of piperazine rings is 1. The third-order valence-electron chi connectivity index (χ3n) is 4.51. The lowest BCUT2D eigenvalue weighted by Gasteiger charge is -2.35. The fourth-order valence-electron chi connectivity index (χ4n) is 3.24. The van der Waals surface area contributed by atoms with Crippen LogP contribution in [0.3, 0.4) is 0 Å². The lowest BCUT2D eigenvalue weighted by Crippen LogP contribution is -2.57. The molecular weight excluding hydrogens is 353 g/mol. The maximum absolute atomic E-state index is 12.5. The number of piperidine rings is 1. The van der Waals surface area contributed by atoms with Gasteiger partial charge in [-0.1, -0.05) is 0 Å². The molecule has 0 spiro atoms. The Hall–Kier alpha value is -1.41. The van der Waals surface area contributed by atoms with Gasteiger partial charge < -0.3 is 19.9 Å². The molecule has 0 aromatic heterocycles. The van der Waals surface area contributed by atoms with Crippen LogP contribution >= 0.6 is 12.4 Å². The molecule has 0 radical (unpaired) electrons. The van der Waals surface area contributed by atoms with Crippen LogP contribution in [0, 0.1) is 5.92 Å². The van der Waals surface area contributed by atoms with Gasteiger partial charge in [-0.25, -0.2) is 4.39 Å². The zero-order chi connectivity index (χ0) is 17.5. The molecule has 2 unspecified atom stereocenters. The normalized spacial score (nSPS) is 23.8. The molecule has 1 N–H and O–H groups in total. The Bertz CT molecular complexity index is 478. The van der Waals surface area contributed by atoms with Gasteiger partial charge in [0.2, 0.25) is 11.8 Å².